The molecule has 0 aliphatic heterocycles. The van der Waals surface area contributed by atoms with Crippen molar-refractivity contribution in [2.45, 2.75) is 12.5 Å². The van der Waals surface area contributed by atoms with Gasteiger partial charge in [-0.2, -0.15) is 0 Å². The minimum atomic E-state index is 0.524. The summed E-state index contributed by atoms with van der Waals surface area (Å²) in [5, 5.41) is 3.31. The molecule has 0 spiro atoms. The molecule has 0 aliphatic carbocycles. The van der Waals surface area contributed by atoms with Crippen LogP contribution in [0.5, 0.6) is 0 Å². The largest absolute Gasteiger partial charge is 0.315 e. The molecule has 74 valence electrons. The van der Waals surface area contributed by atoms with E-state index in [0.717, 1.165) is 13.0 Å². The summed E-state index contributed by atoms with van der Waals surface area (Å²) in [5.41, 5.74) is 1.89. The SMILES string of the molecule is CNC(Cc1cncs1)CN(C)C. The second-order valence-electron chi connectivity index (χ2n) is 3.42. The lowest BCUT2D eigenvalue weighted by molar-refractivity contribution is 0.347. The van der Waals surface area contributed by atoms with E-state index in [1.54, 1.807) is 11.3 Å². The molecule has 1 heterocycles. The van der Waals surface area contributed by atoms with Crippen molar-refractivity contribution in [1.29, 1.82) is 0 Å². The van der Waals surface area contributed by atoms with Gasteiger partial charge in [0.1, 0.15) is 0 Å². The Kier molecular flexibility index (Phi) is 4.35. The third-order valence-corrected chi connectivity index (χ3v) is 2.73. The molecule has 1 atom stereocenters. The first-order valence-corrected chi connectivity index (χ1v) is 5.29. The maximum absolute atomic E-state index is 4.07. The van der Waals surface area contributed by atoms with Crippen LogP contribution in [-0.4, -0.2) is 43.6 Å². The first-order chi connectivity index (χ1) is 6.22. The molecule has 0 fully saturated rings. The van der Waals surface area contributed by atoms with Crippen molar-refractivity contribution in [1.82, 2.24) is 15.2 Å². The zero-order chi connectivity index (χ0) is 9.68. The van der Waals surface area contributed by atoms with Gasteiger partial charge in [0, 0.05) is 23.7 Å². The van der Waals surface area contributed by atoms with Crippen molar-refractivity contribution in [2.75, 3.05) is 27.7 Å². The second kappa shape index (κ2) is 5.32. The predicted octanol–water partition coefficient (Wildman–Crippen LogP) is 0.835. The van der Waals surface area contributed by atoms with Crippen molar-refractivity contribution >= 4 is 11.3 Å². The molecule has 4 heteroatoms. The number of likely N-dealkylation sites (N-methyl/N-ethyl adjacent to an activating group) is 2. The maximum Gasteiger partial charge on any atom is 0.0794 e. The van der Waals surface area contributed by atoms with Gasteiger partial charge in [-0.3, -0.25) is 4.98 Å². The highest BCUT2D eigenvalue weighted by Gasteiger charge is 2.08. The first-order valence-electron chi connectivity index (χ1n) is 4.41. The number of nitrogens with one attached hydrogen (secondary N) is 1. The summed E-state index contributed by atoms with van der Waals surface area (Å²) in [6.45, 7) is 1.06. The number of thiazole rings is 1. The number of rotatable bonds is 5. The van der Waals surface area contributed by atoms with Gasteiger partial charge >= 0.3 is 0 Å². The summed E-state index contributed by atoms with van der Waals surface area (Å²) in [4.78, 5) is 7.61. The third-order valence-electron chi connectivity index (χ3n) is 1.92. The molecule has 1 rings (SSSR count). The van der Waals surface area contributed by atoms with Crippen LogP contribution in [-0.2, 0) is 6.42 Å². The Hall–Kier alpha value is -0.450. The Morgan fingerprint density at radius 3 is 2.85 bits per heavy atom. The van der Waals surface area contributed by atoms with E-state index in [2.05, 4.69) is 29.3 Å². The van der Waals surface area contributed by atoms with Crippen molar-refractivity contribution in [3.63, 3.8) is 0 Å². The molecule has 0 bridgehead atoms. The minimum Gasteiger partial charge on any atom is -0.315 e. The Labute approximate surface area is 83.8 Å². The smallest absolute Gasteiger partial charge is 0.0794 e. The summed E-state index contributed by atoms with van der Waals surface area (Å²) in [7, 11) is 6.20. The van der Waals surface area contributed by atoms with Gasteiger partial charge in [-0.25, -0.2) is 0 Å². The zero-order valence-electron chi connectivity index (χ0n) is 8.45. The summed E-state index contributed by atoms with van der Waals surface area (Å²) in [6.07, 6.45) is 3.02. The summed E-state index contributed by atoms with van der Waals surface area (Å²) in [6, 6.07) is 0.524. The highest BCUT2D eigenvalue weighted by Crippen LogP contribution is 2.08. The zero-order valence-corrected chi connectivity index (χ0v) is 9.27. The molecule has 0 saturated carbocycles. The molecule has 3 nitrogen and oxygen atoms in total. The van der Waals surface area contributed by atoms with E-state index in [9.17, 15) is 0 Å². The van der Waals surface area contributed by atoms with Gasteiger partial charge < -0.3 is 10.2 Å². The molecular formula is C9H17N3S. The lowest BCUT2D eigenvalue weighted by atomic mass is 10.2. The highest BCUT2D eigenvalue weighted by molar-refractivity contribution is 7.09. The molecule has 0 radical (unpaired) electrons. The lowest BCUT2D eigenvalue weighted by Gasteiger charge is -2.19. The Balaban J connectivity index is 2.40. The Morgan fingerprint density at radius 1 is 1.62 bits per heavy atom. The van der Waals surface area contributed by atoms with Crippen LogP contribution in [0.25, 0.3) is 0 Å². The predicted molar refractivity (Wildman–Crippen MR) is 57.2 cm³/mol. The van der Waals surface area contributed by atoms with Gasteiger partial charge in [-0.1, -0.05) is 0 Å². The molecule has 1 unspecified atom stereocenters. The number of aromatic nitrogens is 1. The van der Waals surface area contributed by atoms with Crippen LogP contribution in [0.3, 0.4) is 0 Å². The van der Waals surface area contributed by atoms with Crippen molar-refractivity contribution in [2.24, 2.45) is 0 Å². The number of hydrogen-bond acceptors (Lipinski definition) is 4. The van der Waals surface area contributed by atoms with Crippen molar-refractivity contribution in [3.8, 4) is 0 Å². The standard InChI is InChI=1S/C9H17N3S/c1-10-8(6-12(2)3)4-9-5-11-7-13-9/h5,7-8,10H,4,6H2,1-3H3. The Morgan fingerprint density at radius 2 is 2.38 bits per heavy atom. The van der Waals surface area contributed by atoms with E-state index in [1.807, 2.05) is 18.8 Å². The van der Waals surface area contributed by atoms with Crippen LogP contribution < -0.4 is 5.32 Å². The molecular weight excluding hydrogens is 182 g/mol. The third kappa shape index (κ3) is 3.85. The summed E-state index contributed by atoms with van der Waals surface area (Å²) in [5.74, 6) is 0. The average molecular weight is 199 g/mol. The van der Waals surface area contributed by atoms with E-state index in [-0.39, 0.29) is 0 Å². The lowest BCUT2D eigenvalue weighted by Crippen LogP contribution is -2.37. The molecule has 0 amide bonds. The van der Waals surface area contributed by atoms with Crippen molar-refractivity contribution in [3.05, 3.63) is 16.6 Å². The molecule has 0 saturated heterocycles. The van der Waals surface area contributed by atoms with E-state index in [0.29, 0.717) is 6.04 Å². The molecule has 13 heavy (non-hydrogen) atoms. The van der Waals surface area contributed by atoms with Crippen LogP contribution in [0.1, 0.15) is 4.88 Å². The van der Waals surface area contributed by atoms with Crippen molar-refractivity contribution < 1.29 is 0 Å². The van der Waals surface area contributed by atoms with Crippen LogP contribution >= 0.6 is 11.3 Å². The topological polar surface area (TPSA) is 28.2 Å². The van der Waals surface area contributed by atoms with E-state index in [1.165, 1.54) is 4.88 Å². The van der Waals surface area contributed by atoms with E-state index >= 15 is 0 Å². The monoisotopic (exact) mass is 199 g/mol. The van der Waals surface area contributed by atoms with E-state index < -0.39 is 0 Å². The van der Waals surface area contributed by atoms with Crippen LogP contribution in [0.2, 0.25) is 0 Å². The maximum atomic E-state index is 4.07. The normalized spacial score (nSPS) is 13.5. The number of hydrogen-bond donors (Lipinski definition) is 1. The van der Waals surface area contributed by atoms with Gasteiger partial charge in [-0.05, 0) is 27.6 Å². The molecule has 1 N–H and O–H groups in total. The first kappa shape index (κ1) is 10.6. The highest BCUT2D eigenvalue weighted by atomic mass is 32.1. The molecule has 0 aliphatic rings. The van der Waals surface area contributed by atoms with Crippen LogP contribution in [0.4, 0.5) is 0 Å². The molecule has 1 aromatic rings. The fraction of sp³-hybridized carbons (Fsp3) is 0.667. The fourth-order valence-electron chi connectivity index (χ4n) is 1.28. The van der Waals surface area contributed by atoms with Gasteiger partial charge in [0.25, 0.3) is 0 Å². The molecule has 1 aromatic heterocycles. The van der Waals surface area contributed by atoms with E-state index in [4.69, 9.17) is 0 Å². The fourth-order valence-corrected chi connectivity index (χ4v) is 1.96. The van der Waals surface area contributed by atoms with Gasteiger partial charge in [0.15, 0.2) is 0 Å². The minimum absolute atomic E-state index is 0.524. The van der Waals surface area contributed by atoms with Crippen LogP contribution in [0, 0.1) is 0 Å². The summed E-state index contributed by atoms with van der Waals surface area (Å²) >= 11 is 1.72. The van der Waals surface area contributed by atoms with Gasteiger partial charge in [-0.15, -0.1) is 11.3 Å². The Bertz CT molecular complexity index is 221. The van der Waals surface area contributed by atoms with Gasteiger partial charge in [0.2, 0.25) is 0 Å². The van der Waals surface area contributed by atoms with Gasteiger partial charge in [0.05, 0.1) is 5.51 Å². The average Bonchev–Trinajstić information content (AvgIpc) is 2.55. The second-order valence-corrected chi connectivity index (χ2v) is 4.39. The number of nitrogens with zero attached hydrogens (tertiary/aromatic N) is 2. The molecule has 0 aromatic carbocycles. The summed E-state index contributed by atoms with van der Waals surface area (Å²) < 4.78 is 0. The quantitative estimate of drug-likeness (QED) is 0.761. The van der Waals surface area contributed by atoms with Crippen LogP contribution in [0.15, 0.2) is 11.7 Å².